The third kappa shape index (κ3) is 3.69. The number of rotatable bonds is 4. The van der Waals surface area contributed by atoms with Gasteiger partial charge >= 0.3 is 0 Å². The number of hydrogen-bond donors (Lipinski definition) is 2. The number of hydrogen-bond acceptors (Lipinski definition) is 5. The maximum atomic E-state index is 13.7. The molecule has 1 aliphatic heterocycles. The van der Waals surface area contributed by atoms with Gasteiger partial charge in [0.15, 0.2) is 11.4 Å². The molecule has 7 nitrogen and oxygen atoms in total. The van der Waals surface area contributed by atoms with Crippen LogP contribution in [-0.4, -0.2) is 38.9 Å². The van der Waals surface area contributed by atoms with Gasteiger partial charge in [-0.05, 0) is 53.9 Å². The summed E-state index contributed by atoms with van der Waals surface area (Å²) in [6, 6.07) is 16.5. The second kappa shape index (κ2) is 9.13. The number of fused-ring (bicyclic) bond motifs is 3. The van der Waals surface area contributed by atoms with Gasteiger partial charge in [-0.3, -0.25) is 19.3 Å². The SMILES string of the molecule is O=C1c2c(O)c(=O)c(CO)cn2N(C2c3ccccc3CCc3ccccc32)CN1CC1CCCC1. The predicted octanol–water partition coefficient (Wildman–Crippen LogP) is 3.48. The molecule has 186 valence electrons. The van der Waals surface area contributed by atoms with Gasteiger partial charge in [-0.2, -0.15) is 0 Å². The first-order valence-electron chi connectivity index (χ1n) is 12.9. The molecule has 1 saturated carbocycles. The average molecular weight is 486 g/mol. The highest BCUT2D eigenvalue weighted by atomic mass is 16.3. The van der Waals surface area contributed by atoms with Crippen LogP contribution in [-0.2, 0) is 19.4 Å². The van der Waals surface area contributed by atoms with E-state index in [1.807, 2.05) is 12.1 Å². The Kier molecular flexibility index (Phi) is 5.80. The summed E-state index contributed by atoms with van der Waals surface area (Å²) in [5, 5.41) is 22.9. The smallest absolute Gasteiger partial charge is 0.277 e. The van der Waals surface area contributed by atoms with Crippen LogP contribution in [0.3, 0.4) is 0 Å². The summed E-state index contributed by atoms with van der Waals surface area (Å²) in [6.07, 6.45) is 7.85. The van der Waals surface area contributed by atoms with Crippen molar-refractivity contribution in [2.24, 2.45) is 5.92 Å². The van der Waals surface area contributed by atoms with E-state index in [1.54, 1.807) is 9.58 Å². The molecule has 2 aromatic carbocycles. The molecule has 2 N–H and O–H groups in total. The number of carbonyl (C=O) groups is 1. The average Bonchev–Trinajstić information content (AvgIpc) is 3.35. The number of nitrogens with zero attached hydrogens (tertiary/aromatic N) is 3. The highest BCUT2D eigenvalue weighted by Gasteiger charge is 2.39. The lowest BCUT2D eigenvalue weighted by Crippen LogP contribution is -2.56. The molecule has 1 amide bonds. The Morgan fingerprint density at radius 1 is 0.889 bits per heavy atom. The van der Waals surface area contributed by atoms with Crippen LogP contribution in [0.1, 0.15) is 70.0 Å². The van der Waals surface area contributed by atoms with Crippen LogP contribution >= 0.6 is 0 Å². The topological polar surface area (TPSA) is 86.0 Å². The minimum Gasteiger partial charge on any atom is -0.502 e. The first kappa shape index (κ1) is 22.9. The van der Waals surface area contributed by atoms with E-state index in [4.69, 9.17) is 0 Å². The second-order valence-corrected chi connectivity index (χ2v) is 10.2. The molecule has 3 aromatic rings. The van der Waals surface area contributed by atoms with Gasteiger partial charge in [-0.15, -0.1) is 0 Å². The second-order valence-electron chi connectivity index (χ2n) is 10.2. The molecule has 0 bridgehead atoms. The van der Waals surface area contributed by atoms with E-state index in [1.165, 1.54) is 30.2 Å². The largest absolute Gasteiger partial charge is 0.502 e. The quantitative estimate of drug-likeness (QED) is 0.591. The van der Waals surface area contributed by atoms with Crippen LogP contribution in [0.4, 0.5) is 0 Å². The van der Waals surface area contributed by atoms with Gasteiger partial charge in [0.1, 0.15) is 6.67 Å². The Labute approximate surface area is 210 Å². The van der Waals surface area contributed by atoms with Crippen molar-refractivity contribution in [3.05, 3.63) is 98.5 Å². The van der Waals surface area contributed by atoms with Crippen molar-refractivity contribution >= 4 is 5.91 Å². The van der Waals surface area contributed by atoms with Crippen LogP contribution in [0.2, 0.25) is 0 Å². The van der Waals surface area contributed by atoms with Crippen molar-refractivity contribution in [2.75, 3.05) is 18.2 Å². The third-order valence-electron chi connectivity index (χ3n) is 8.11. The Balaban J connectivity index is 1.57. The zero-order valence-corrected chi connectivity index (χ0v) is 20.3. The van der Waals surface area contributed by atoms with Gasteiger partial charge in [0.05, 0.1) is 12.6 Å². The lowest BCUT2D eigenvalue weighted by atomic mass is 9.94. The molecule has 2 aliphatic carbocycles. The van der Waals surface area contributed by atoms with Gasteiger partial charge in [0.2, 0.25) is 5.43 Å². The molecule has 2 heterocycles. The number of pyridine rings is 1. The molecule has 0 spiro atoms. The summed E-state index contributed by atoms with van der Waals surface area (Å²) < 4.78 is 1.62. The van der Waals surface area contributed by atoms with Gasteiger partial charge in [0.25, 0.3) is 5.91 Å². The van der Waals surface area contributed by atoms with Crippen molar-refractivity contribution in [1.82, 2.24) is 9.58 Å². The first-order chi connectivity index (χ1) is 17.6. The molecular weight excluding hydrogens is 454 g/mol. The number of aliphatic hydroxyl groups excluding tert-OH is 1. The molecule has 6 rings (SSSR count). The van der Waals surface area contributed by atoms with Crippen LogP contribution in [0.5, 0.6) is 5.75 Å². The van der Waals surface area contributed by atoms with Crippen molar-refractivity contribution in [1.29, 1.82) is 0 Å². The summed E-state index contributed by atoms with van der Waals surface area (Å²) in [7, 11) is 0. The zero-order chi connectivity index (χ0) is 24.8. The molecule has 0 radical (unpaired) electrons. The highest BCUT2D eigenvalue weighted by molar-refractivity contribution is 5.96. The Morgan fingerprint density at radius 2 is 1.50 bits per heavy atom. The van der Waals surface area contributed by atoms with E-state index in [9.17, 15) is 19.8 Å². The molecular formula is C29H31N3O4. The van der Waals surface area contributed by atoms with Crippen LogP contribution in [0, 0.1) is 5.92 Å². The molecule has 3 aliphatic rings. The van der Waals surface area contributed by atoms with E-state index in [2.05, 4.69) is 41.4 Å². The molecule has 36 heavy (non-hydrogen) atoms. The Bertz CT molecular complexity index is 1330. The third-order valence-corrected chi connectivity index (χ3v) is 8.11. The minimum atomic E-state index is -0.693. The molecule has 0 unspecified atom stereocenters. The lowest BCUT2D eigenvalue weighted by molar-refractivity contribution is 0.0648. The standard InChI is InChI=1S/C29H31N3O4/c33-17-22-16-31-26(28(35)27(22)34)29(36)30(15-19-7-1-2-8-19)18-32(31)25-23-11-5-3-9-20(23)13-14-21-10-4-6-12-24(21)25/h3-6,9-12,16,19,25,33,35H,1-2,7-8,13-15,17-18H2. The van der Waals surface area contributed by atoms with Crippen LogP contribution in [0.15, 0.2) is 59.5 Å². The van der Waals surface area contributed by atoms with E-state index in [0.717, 1.165) is 36.8 Å². The van der Waals surface area contributed by atoms with E-state index < -0.39 is 17.8 Å². The minimum absolute atomic E-state index is 0.0272. The Morgan fingerprint density at radius 3 is 2.11 bits per heavy atom. The zero-order valence-electron chi connectivity index (χ0n) is 20.3. The first-order valence-corrected chi connectivity index (χ1v) is 12.9. The van der Waals surface area contributed by atoms with Crippen molar-refractivity contribution in [3.63, 3.8) is 0 Å². The highest BCUT2D eigenvalue weighted by Crippen LogP contribution is 2.38. The number of aromatic hydroxyl groups is 1. The van der Waals surface area contributed by atoms with Gasteiger partial charge in [-0.25, -0.2) is 0 Å². The molecule has 1 aromatic heterocycles. The summed E-state index contributed by atoms with van der Waals surface area (Å²) in [5.41, 5.74) is 4.12. The summed E-state index contributed by atoms with van der Waals surface area (Å²) >= 11 is 0. The van der Waals surface area contributed by atoms with Crippen molar-refractivity contribution < 1.29 is 15.0 Å². The maximum absolute atomic E-state index is 13.7. The number of aromatic nitrogens is 1. The van der Waals surface area contributed by atoms with Gasteiger partial charge < -0.3 is 15.1 Å². The normalized spacial score (nSPS) is 18.1. The fourth-order valence-corrected chi connectivity index (χ4v) is 6.28. The molecule has 7 heteroatoms. The van der Waals surface area contributed by atoms with Gasteiger partial charge in [0, 0.05) is 18.3 Å². The fraction of sp³-hybridized carbons (Fsp3) is 0.379. The lowest BCUT2D eigenvalue weighted by Gasteiger charge is -2.45. The number of aliphatic hydroxyl groups is 1. The number of carbonyl (C=O) groups excluding carboxylic acids is 1. The molecule has 1 fully saturated rings. The maximum Gasteiger partial charge on any atom is 0.277 e. The van der Waals surface area contributed by atoms with Crippen LogP contribution < -0.4 is 10.4 Å². The fourth-order valence-electron chi connectivity index (χ4n) is 6.28. The summed E-state index contributed by atoms with van der Waals surface area (Å²) in [5.74, 6) is -0.517. The van der Waals surface area contributed by atoms with Gasteiger partial charge in [-0.1, -0.05) is 61.4 Å². The number of benzene rings is 2. The van der Waals surface area contributed by atoms with E-state index in [-0.39, 0.29) is 23.2 Å². The number of amides is 1. The molecule has 0 atom stereocenters. The van der Waals surface area contributed by atoms with Crippen molar-refractivity contribution in [2.45, 2.75) is 51.2 Å². The Hall–Kier alpha value is -3.58. The summed E-state index contributed by atoms with van der Waals surface area (Å²) in [6.45, 7) is 0.405. The predicted molar refractivity (Wildman–Crippen MR) is 137 cm³/mol. The summed E-state index contributed by atoms with van der Waals surface area (Å²) in [4.78, 5) is 28.3. The van der Waals surface area contributed by atoms with E-state index in [0.29, 0.717) is 19.1 Å². The number of aryl methyl sites for hydroxylation is 2. The monoisotopic (exact) mass is 485 g/mol. The van der Waals surface area contributed by atoms with E-state index >= 15 is 0 Å². The van der Waals surface area contributed by atoms with Crippen molar-refractivity contribution in [3.8, 4) is 5.75 Å². The molecule has 0 saturated heterocycles. The van der Waals surface area contributed by atoms with Crippen LogP contribution in [0.25, 0.3) is 0 Å².